The molecule has 0 spiro atoms. The molecule has 0 bridgehead atoms. The van der Waals surface area contributed by atoms with Gasteiger partial charge in [0.2, 0.25) is 6.17 Å². The minimum atomic E-state index is -1.07. The van der Waals surface area contributed by atoms with Crippen LogP contribution in [0.15, 0.2) is 83.9 Å². The number of benzene rings is 3. The molecule has 2 aliphatic rings. The second-order valence-electron chi connectivity index (χ2n) is 7.87. The Labute approximate surface area is 192 Å². The molecular formula is C26H24N4O3. The summed E-state index contributed by atoms with van der Waals surface area (Å²) in [5.74, 6) is -0.732. The van der Waals surface area contributed by atoms with Gasteiger partial charge in [-0.05, 0) is 18.2 Å². The van der Waals surface area contributed by atoms with Crippen molar-refractivity contribution < 1.29 is 14.3 Å². The third-order valence-corrected chi connectivity index (χ3v) is 5.76. The molecule has 2 aliphatic heterocycles. The van der Waals surface area contributed by atoms with E-state index in [-0.39, 0.29) is 11.8 Å². The lowest BCUT2D eigenvalue weighted by Gasteiger charge is -2.30. The van der Waals surface area contributed by atoms with Crippen LogP contribution in [0.2, 0.25) is 0 Å². The molecule has 2 amide bonds. The minimum Gasteiger partial charge on any atom is -0.378 e. The number of aliphatic imine (C=N–C) groups is 1. The average Bonchev–Trinajstić information content (AvgIpc) is 3.01. The molecule has 0 aromatic heterocycles. The highest BCUT2D eigenvalue weighted by atomic mass is 16.5. The Morgan fingerprint density at radius 2 is 1.64 bits per heavy atom. The summed E-state index contributed by atoms with van der Waals surface area (Å²) in [7, 11) is 0. The molecule has 1 saturated heterocycles. The van der Waals surface area contributed by atoms with Crippen molar-refractivity contribution in [1.82, 2.24) is 5.32 Å². The predicted octanol–water partition coefficient (Wildman–Crippen LogP) is 3.07. The highest BCUT2D eigenvalue weighted by molar-refractivity contribution is 6.20. The van der Waals surface area contributed by atoms with Gasteiger partial charge >= 0.3 is 0 Å². The number of morpholine rings is 1. The van der Waals surface area contributed by atoms with Gasteiger partial charge in [-0.1, -0.05) is 60.7 Å². The summed E-state index contributed by atoms with van der Waals surface area (Å²) < 4.78 is 5.44. The van der Waals surface area contributed by atoms with Crippen LogP contribution in [0.3, 0.4) is 0 Å². The topological polar surface area (TPSA) is 83.0 Å². The van der Waals surface area contributed by atoms with Crippen molar-refractivity contribution in [3.63, 3.8) is 0 Å². The fourth-order valence-electron chi connectivity index (χ4n) is 4.13. The molecule has 1 fully saturated rings. The number of carbonyl (C=O) groups is 2. The average molecular weight is 441 g/mol. The number of fused-ring (bicyclic) bond motifs is 1. The van der Waals surface area contributed by atoms with Crippen LogP contribution in [0.1, 0.15) is 21.5 Å². The maximum atomic E-state index is 13.3. The Morgan fingerprint density at radius 1 is 0.939 bits per heavy atom. The van der Waals surface area contributed by atoms with Crippen LogP contribution < -0.4 is 15.5 Å². The van der Waals surface area contributed by atoms with Gasteiger partial charge in [-0.25, -0.2) is 4.99 Å². The maximum Gasteiger partial charge on any atom is 0.269 e. The molecule has 7 nitrogen and oxygen atoms in total. The Kier molecular flexibility index (Phi) is 5.87. The first-order valence-electron chi connectivity index (χ1n) is 11.0. The smallest absolute Gasteiger partial charge is 0.269 e. The van der Waals surface area contributed by atoms with E-state index in [4.69, 9.17) is 9.73 Å². The van der Waals surface area contributed by atoms with Gasteiger partial charge in [-0.15, -0.1) is 0 Å². The first kappa shape index (κ1) is 20.9. The number of nitrogens with one attached hydrogen (secondary N) is 2. The van der Waals surface area contributed by atoms with Gasteiger partial charge in [0.05, 0.1) is 30.2 Å². The van der Waals surface area contributed by atoms with Crippen molar-refractivity contribution in [1.29, 1.82) is 0 Å². The second kappa shape index (κ2) is 9.26. The lowest BCUT2D eigenvalue weighted by molar-refractivity contribution is -0.117. The number of carbonyl (C=O) groups excluding carboxylic acids is 2. The zero-order valence-corrected chi connectivity index (χ0v) is 18.0. The molecule has 33 heavy (non-hydrogen) atoms. The molecule has 1 unspecified atom stereocenters. The fraction of sp³-hybridized carbons (Fsp3) is 0.192. The van der Waals surface area contributed by atoms with E-state index in [0.717, 1.165) is 16.8 Å². The van der Waals surface area contributed by atoms with E-state index in [1.807, 2.05) is 72.8 Å². The Bertz CT molecular complexity index is 1200. The van der Waals surface area contributed by atoms with Crippen LogP contribution in [-0.4, -0.2) is 50.0 Å². The van der Waals surface area contributed by atoms with Crippen LogP contribution in [0, 0.1) is 0 Å². The minimum absolute atomic E-state index is 0.348. The second-order valence-corrected chi connectivity index (χ2v) is 7.87. The van der Waals surface area contributed by atoms with Crippen LogP contribution in [-0.2, 0) is 9.53 Å². The van der Waals surface area contributed by atoms with Crippen molar-refractivity contribution >= 4 is 28.9 Å². The third kappa shape index (κ3) is 4.36. The van der Waals surface area contributed by atoms with Gasteiger partial charge in [-0.2, -0.15) is 0 Å². The number of hydrogen-bond donors (Lipinski definition) is 2. The van der Waals surface area contributed by atoms with E-state index in [1.165, 1.54) is 0 Å². The van der Waals surface area contributed by atoms with E-state index >= 15 is 0 Å². The molecular weight excluding hydrogens is 416 g/mol. The molecule has 0 radical (unpaired) electrons. The molecule has 2 heterocycles. The molecule has 0 aliphatic carbocycles. The molecule has 0 saturated carbocycles. The number of para-hydroxylation sites is 2. The van der Waals surface area contributed by atoms with E-state index in [2.05, 4.69) is 15.5 Å². The zero-order chi connectivity index (χ0) is 22.6. The summed E-state index contributed by atoms with van der Waals surface area (Å²) in [6.07, 6.45) is -1.07. The van der Waals surface area contributed by atoms with E-state index < -0.39 is 6.17 Å². The molecule has 166 valence electrons. The lowest BCUT2D eigenvalue weighted by Crippen LogP contribution is -2.43. The molecule has 1 atom stereocenters. The maximum absolute atomic E-state index is 13.3. The number of ether oxygens (including phenoxy) is 1. The van der Waals surface area contributed by atoms with Gasteiger partial charge < -0.3 is 20.3 Å². The number of benzodiazepines with no additional fused rings is 1. The van der Waals surface area contributed by atoms with Crippen molar-refractivity contribution in [2.24, 2.45) is 4.99 Å². The van der Waals surface area contributed by atoms with Crippen LogP contribution in [0.5, 0.6) is 0 Å². The van der Waals surface area contributed by atoms with E-state index in [9.17, 15) is 9.59 Å². The van der Waals surface area contributed by atoms with Crippen molar-refractivity contribution in [2.45, 2.75) is 6.17 Å². The SMILES string of the molecule is O=C(NC1N=C(c2ccccc2)c2ccccc2NC1=O)c1ccccc1N1CCOCC1. The van der Waals surface area contributed by atoms with Gasteiger partial charge in [-0.3, -0.25) is 9.59 Å². The summed E-state index contributed by atoms with van der Waals surface area (Å²) in [4.78, 5) is 33.2. The number of anilines is 2. The van der Waals surface area contributed by atoms with Gasteiger partial charge in [0, 0.05) is 29.9 Å². The first-order valence-corrected chi connectivity index (χ1v) is 11.0. The fourth-order valence-corrected chi connectivity index (χ4v) is 4.13. The van der Waals surface area contributed by atoms with E-state index in [1.54, 1.807) is 6.07 Å². The van der Waals surface area contributed by atoms with Gasteiger partial charge in [0.15, 0.2) is 0 Å². The normalized spacial score (nSPS) is 17.9. The first-order chi connectivity index (χ1) is 16.2. The van der Waals surface area contributed by atoms with Crippen LogP contribution in [0.4, 0.5) is 11.4 Å². The van der Waals surface area contributed by atoms with Crippen molar-refractivity contribution in [3.05, 3.63) is 95.6 Å². The monoisotopic (exact) mass is 440 g/mol. The highest BCUT2D eigenvalue weighted by Gasteiger charge is 2.28. The number of amides is 2. The Morgan fingerprint density at radius 3 is 2.45 bits per heavy atom. The highest BCUT2D eigenvalue weighted by Crippen LogP contribution is 2.25. The Hall–Kier alpha value is -3.97. The van der Waals surface area contributed by atoms with Crippen LogP contribution >= 0.6 is 0 Å². The van der Waals surface area contributed by atoms with Crippen molar-refractivity contribution in [3.8, 4) is 0 Å². The quantitative estimate of drug-likeness (QED) is 0.653. The van der Waals surface area contributed by atoms with Gasteiger partial charge in [0.25, 0.3) is 11.8 Å². The van der Waals surface area contributed by atoms with Crippen LogP contribution in [0.25, 0.3) is 0 Å². The number of hydrogen-bond acceptors (Lipinski definition) is 5. The largest absolute Gasteiger partial charge is 0.378 e. The number of rotatable bonds is 4. The number of nitrogens with zero attached hydrogens (tertiary/aromatic N) is 2. The predicted molar refractivity (Wildman–Crippen MR) is 128 cm³/mol. The summed E-state index contributed by atoms with van der Waals surface area (Å²) in [6, 6.07) is 24.6. The summed E-state index contributed by atoms with van der Waals surface area (Å²) >= 11 is 0. The van der Waals surface area contributed by atoms with Gasteiger partial charge in [0.1, 0.15) is 0 Å². The lowest BCUT2D eigenvalue weighted by atomic mass is 10.0. The molecule has 3 aromatic rings. The van der Waals surface area contributed by atoms with Crippen molar-refractivity contribution in [2.75, 3.05) is 36.5 Å². The zero-order valence-electron chi connectivity index (χ0n) is 18.0. The molecule has 5 rings (SSSR count). The molecule has 2 N–H and O–H groups in total. The summed E-state index contributed by atoms with van der Waals surface area (Å²) in [6.45, 7) is 2.65. The standard InChI is InChI=1S/C26H24N4O3/c31-25(20-11-5-7-13-22(20)30-14-16-33-17-15-30)29-24-26(32)27-21-12-6-4-10-19(21)23(28-24)18-8-2-1-3-9-18/h1-13,24H,14-17H2,(H,27,32)(H,29,31). The summed E-state index contributed by atoms with van der Waals surface area (Å²) in [5.41, 5.74) is 4.32. The summed E-state index contributed by atoms with van der Waals surface area (Å²) in [5, 5.41) is 5.75. The third-order valence-electron chi connectivity index (χ3n) is 5.76. The molecule has 7 heteroatoms. The van der Waals surface area contributed by atoms with E-state index in [0.29, 0.717) is 43.3 Å². The molecule has 3 aromatic carbocycles. The Balaban J connectivity index is 1.49.